The molecular weight excluding hydrogens is 408 g/mol. The zero-order chi connectivity index (χ0) is 23.5. The zero-order valence-corrected chi connectivity index (χ0v) is 20.5. The molecule has 1 aliphatic rings. The number of rotatable bonds is 7. The number of benzene rings is 2. The van der Waals surface area contributed by atoms with Crippen molar-refractivity contribution in [2.75, 3.05) is 19.6 Å². The molecule has 0 unspecified atom stereocenters. The Kier molecular flexibility index (Phi) is 7.04. The molecule has 0 N–H and O–H groups in total. The Labute approximate surface area is 198 Å². The van der Waals surface area contributed by atoms with Crippen LogP contribution in [0.1, 0.15) is 58.3 Å². The monoisotopic (exact) mass is 444 g/mol. The Morgan fingerprint density at radius 2 is 1.70 bits per heavy atom. The topological polar surface area (TPSA) is 36.7 Å². The third-order valence-electron chi connectivity index (χ3n) is 7.04. The van der Waals surface area contributed by atoms with E-state index >= 15 is 0 Å². The van der Waals surface area contributed by atoms with Gasteiger partial charge in [-0.3, -0.25) is 9.69 Å². The quantitative estimate of drug-likeness (QED) is 0.450. The van der Waals surface area contributed by atoms with E-state index < -0.39 is 0 Å². The molecule has 0 bridgehead atoms. The summed E-state index contributed by atoms with van der Waals surface area (Å²) in [5, 5.41) is 0. The second-order valence-corrected chi connectivity index (χ2v) is 9.79. The summed E-state index contributed by atoms with van der Waals surface area (Å²) < 4.78 is 5.99. The predicted octanol–water partition coefficient (Wildman–Crippen LogP) is 5.97. The van der Waals surface area contributed by atoms with Crippen LogP contribution < -0.4 is 0 Å². The Balaban J connectivity index is 1.59. The first-order valence-corrected chi connectivity index (χ1v) is 12.0. The van der Waals surface area contributed by atoms with Gasteiger partial charge in [-0.05, 0) is 75.4 Å². The lowest BCUT2D eigenvalue weighted by molar-refractivity contribution is 0.0668. The second kappa shape index (κ2) is 9.96. The lowest BCUT2D eigenvalue weighted by atomic mass is 9.86. The Bertz CT molecular complexity index is 1070. The van der Waals surface area contributed by atoms with Gasteiger partial charge in [-0.15, -0.1) is 0 Å². The van der Waals surface area contributed by atoms with Gasteiger partial charge in [0, 0.05) is 37.2 Å². The lowest BCUT2D eigenvalue weighted by Gasteiger charge is -2.32. The molecular formula is C29H36N2O2. The lowest BCUT2D eigenvalue weighted by Crippen LogP contribution is -2.42. The van der Waals surface area contributed by atoms with Crippen LogP contribution in [0.3, 0.4) is 0 Å². The molecule has 4 nitrogen and oxygen atoms in total. The largest absolute Gasteiger partial charge is 0.465 e. The van der Waals surface area contributed by atoms with Crippen molar-refractivity contribution in [1.29, 1.82) is 0 Å². The van der Waals surface area contributed by atoms with E-state index in [-0.39, 0.29) is 11.9 Å². The average molecular weight is 445 g/mol. The van der Waals surface area contributed by atoms with E-state index in [1.165, 1.54) is 16.7 Å². The van der Waals surface area contributed by atoms with Crippen molar-refractivity contribution in [2.24, 2.45) is 5.92 Å². The number of aryl methyl sites for hydroxylation is 3. The highest BCUT2D eigenvalue weighted by molar-refractivity contribution is 5.94. The van der Waals surface area contributed by atoms with Gasteiger partial charge in [0.05, 0.1) is 6.54 Å². The van der Waals surface area contributed by atoms with E-state index in [1.807, 2.05) is 37.3 Å². The normalized spacial score (nSPS) is 18.7. The van der Waals surface area contributed by atoms with Gasteiger partial charge in [0.15, 0.2) is 0 Å². The van der Waals surface area contributed by atoms with Crippen LogP contribution in [0, 0.1) is 26.7 Å². The first-order chi connectivity index (χ1) is 15.8. The molecule has 1 aliphatic heterocycles. The minimum atomic E-state index is 0.116. The van der Waals surface area contributed by atoms with E-state index in [0.717, 1.165) is 43.3 Å². The van der Waals surface area contributed by atoms with Gasteiger partial charge < -0.3 is 9.32 Å². The molecule has 1 saturated heterocycles. The smallest absolute Gasteiger partial charge is 0.254 e. The van der Waals surface area contributed by atoms with E-state index in [9.17, 15) is 4.79 Å². The van der Waals surface area contributed by atoms with Crippen LogP contribution >= 0.6 is 0 Å². The molecule has 0 radical (unpaired) electrons. The first-order valence-electron chi connectivity index (χ1n) is 12.0. The molecule has 2 heterocycles. The van der Waals surface area contributed by atoms with Gasteiger partial charge in [0.25, 0.3) is 5.91 Å². The number of likely N-dealkylation sites (tertiary alicyclic amines) is 1. The number of nitrogens with zero attached hydrogens (tertiary/aromatic N) is 2. The predicted molar refractivity (Wildman–Crippen MR) is 133 cm³/mol. The third kappa shape index (κ3) is 5.22. The van der Waals surface area contributed by atoms with Crippen LogP contribution in [0.5, 0.6) is 0 Å². The average Bonchev–Trinajstić information content (AvgIpc) is 3.34. The molecule has 33 heavy (non-hydrogen) atoms. The molecule has 174 valence electrons. The number of carbonyl (C=O) groups excluding carboxylic acids is 1. The SMILES string of the molecule is Cc1ccccc1[C@H]1CN(Cc2cc(C)c(C)o2)C[C@H]1CN(C(=O)c1ccccc1)C(C)C. The van der Waals surface area contributed by atoms with Gasteiger partial charge in [0.2, 0.25) is 0 Å². The third-order valence-corrected chi connectivity index (χ3v) is 7.04. The summed E-state index contributed by atoms with van der Waals surface area (Å²) in [6.07, 6.45) is 0. The number of amides is 1. The van der Waals surface area contributed by atoms with Crippen molar-refractivity contribution in [3.63, 3.8) is 0 Å². The summed E-state index contributed by atoms with van der Waals surface area (Å²) in [5.74, 6) is 2.88. The molecule has 4 rings (SSSR count). The molecule has 0 spiro atoms. The fourth-order valence-electron chi connectivity index (χ4n) is 5.11. The van der Waals surface area contributed by atoms with E-state index in [0.29, 0.717) is 11.8 Å². The molecule has 2 atom stereocenters. The van der Waals surface area contributed by atoms with E-state index in [4.69, 9.17) is 4.42 Å². The van der Waals surface area contributed by atoms with Gasteiger partial charge >= 0.3 is 0 Å². The maximum atomic E-state index is 13.4. The van der Waals surface area contributed by atoms with Crippen molar-refractivity contribution in [2.45, 2.75) is 53.1 Å². The van der Waals surface area contributed by atoms with Gasteiger partial charge in [-0.2, -0.15) is 0 Å². The minimum absolute atomic E-state index is 0.116. The number of furan rings is 1. The van der Waals surface area contributed by atoms with Gasteiger partial charge in [-0.1, -0.05) is 42.5 Å². The van der Waals surface area contributed by atoms with Crippen LogP contribution in [0.25, 0.3) is 0 Å². The molecule has 3 aromatic rings. The standard InChI is InChI=1S/C29H36N2O2/c1-20(2)31(29(32)24-12-7-6-8-13-24)17-25-16-30(18-26-15-22(4)23(5)33-26)19-28(25)27-14-10-9-11-21(27)3/h6-15,20,25,28H,16-19H2,1-5H3/t25-,28-/m0/s1. The molecule has 1 fully saturated rings. The van der Waals surface area contributed by atoms with E-state index in [2.05, 4.69) is 67.8 Å². The van der Waals surface area contributed by atoms with E-state index in [1.54, 1.807) is 0 Å². The van der Waals surface area contributed by atoms with Crippen molar-refractivity contribution < 1.29 is 9.21 Å². The maximum Gasteiger partial charge on any atom is 0.254 e. The maximum absolute atomic E-state index is 13.4. The number of hydrogen-bond donors (Lipinski definition) is 0. The highest BCUT2D eigenvalue weighted by Gasteiger charge is 2.37. The molecule has 1 aromatic heterocycles. The second-order valence-electron chi connectivity index (χ2n) is 9.79. The van der Waals surface area contributed by atoms with Crippen LogP contribution in [0.4, 0.5) is 0 Å². The van der Waals surface area contributed by atoms with Crippen molar-refractivity contribution >= 4 is 5.91 Å². The number of hydrogen-bond acceptors (Lipinski definition) is 3. The summed E-state index contributed by atoms with van der Waals surface area (Å²) in [5.41, 5.74) is 4.68. The van der Waals surface area contributed by atoms with Crippen molar-refractivity contribution in [3.8, 4) is 0 Å². The van der Waals surface area contributed by atoms with Crippen LogP contribution in [0.15, 0.2) is 65.1 Å². The van der Waals surface area contributed by atoms with Crippen LogP contribution in [0.2, 0.25) is 0 Å². The molecule has 0 saturated carbocycles. The summed E-state index contributed by atoms with van der Waals surface area (Å²) in [6, 6.07) is 20.7. The Morgan fingerprint density at radius 3 is 2.33 bits per heavy atom. The zero-order valence-electron chi connectivity index (χ0n) is 20.5. The molecule has 1 amide bonds. The molecule has 0 aliphatic carbocycles. The Hall–Kier alpha value is -2.85. The van der Waals surface area contributed by atoms with Crippen molar-refractivity contribution in [3.05, 3.63) is 94.4 Å². The Morgan fingerprint density at radius 1 is 1.00 bits per heavy atom. The van der Waals surface area contributed by atoms with Gasteiger partial charge in [-0.25, -0.2) is 0 Å². The number of carbonyl (C=O) groups is 1. The fourth-order valence-corrected chi connectivity index (χ4v) is 5.11. The highest BCUT2D eigenvalue weighted by Crippen LogP contribution is 2.36. The fraction of sp³-hybridized carbons (Fsp3) is 0.414. The molecule has 2 aromatic carbocycles. The first kappa shape index (κ1) is 23.3. The summed E-state index contributed by atoms with van der Waals surface area (Å²) in [7, 11) is 0. The van der Waals surface area contributed by atoms with Crippen molar-refractivity contribution in [1.82, 2.24) is 9.80 Å². The van der Waals surface area contributed by atoms with Crippen LogP contribution in [-0.2, 0) is 6.54 Å². The highest BCUT2D eigenvalue weighted by atomic mass is 16.3. The summed E-state index contributed by atoms with van der Waals surface area (Å²) in [6.45, 7) is 14.0. The van der Waals surface area contributed by atoms with Gasteiger partial charge in [0.1, 0.15) is 11.5 Å². The summed E-state index contributed by atoms with van der Waals surface area (Å²) >= 11 is 0. The minimum Gasteiger partial charge on any atom is -0.465 e. The molecule has 4 heteroatoms. The van der Waals surface area contributed by atoms with Crippen LogP contribution in [-0.4, -0.2) is 41.4 Å². The summed E-state index contributed by atoms with van der Waals surface area (Å²) in [4.78, 5) is 17.9.